The third kappa shape index (κ3) is 2.75. The van der Waals surface area contributed by atoms with E-state index < -0.39 is 10.0 Å². The molecule has 1 aromatic carbocycles. The first-order chi connectivity index (χ1) is 7.81. The SMILES string of the molecule is COc1cc(C(C)=O)c(OC)c(S(N)(=O)=O)c1. The molecule has 0 heterocycles. The maximum atomic E-state index is 11.4. The van der Waals surface area contributed by atoms with Gasteiger partial charge in [-0.3, -0.25) is 4.79 Å². The van der Waals surface area contributed by atoms with Crippen molar-refractivity contribution in [2.75, 3.05) is 14.2 Å². The standard InChI is InChI=1S/C10H13NO5S/c1-6(12)8-4-7(15-2)5-9(10(8)16-3)17(11,13)14/h4-5H,1-3H3,(H2,11,13,14). The molecule has 0 aliphatic carbocycles. The first kappa shape index (κ1) is 13.5. The fraction of sp³-hybridized carbons (Fsp3) is 0.300. The van der Waals surface area contributed by atoms with Gasteiger partial charge in [-0.25, -0.2) is 13.6 Å². The van der Waals surface area contributed by atoms with Crippen LogP contribution in [0.4, 0.5) is 0 Å². The topological polar surface area (TPSA) is 95.7 Å². The van der Waals surface area contributed by atoms with E-state index in [1.54, 1.807) is 0 Å². The maximum Gasteiger partial charge on any atom is 0.241 e. The number of hydrogen-bond acceptors (Lipinski definition) is 5. The summed E-state index contributed by atoms with van der Waals surface area (Å²) in [5, 5.41) is 5.05. The predicted molar refractivity (Wildman–Crippen MR) is 60.9 cm³/mol. The Morgan fingerprint density at radius 3 is 2.18 bits per heavy atom. The minimum Gasteiger partial charge on any atom is -0.497 e. The number of carbonyl (C=O) groups is 1. The fourth-order valence-corrected chi connectivity index (χ4v) is 2.11. The molecule has 0 aromatic heterocycles. The lowest BCUT2D eigenvalue weighted by Gasteiger charge is -2.12. The van der Waals surface area contributed by atoms with Crippen molar-refractivity contribution in [2.45, 2.75) is 11.8 Å². The molecule has 0 radical (unpaired) electrons. The molecule has 0 saturated heterocycles. The number of primary sulfonamides is 1. The van der Waals surface area contributed by atoms with E-state index >= 15 is 0 Å². The van der Waals surface area contributed by atoms with Crippen molar-refractivity contribution in [3.63, 3.8) is 0 Å². The molecule has 0 spiro atoms. The third-order valence-corrected chi connectivity index (χ3v) is 3.07. The van der Waals surface area contributed by atoms with E-state index in [1.165, 1.54) is 33.3 Å². The highest BCUT2D eigenvalue weighted by atomic mass is 32.2. The van der Waals surface area contributed by atoms with Crippen molar-refractivity contribution in [2.24, 2.45) is 5.14 Å². The molecule has 0 aliphatic heterocycles. The Morgan fingerprint density at radius 1 is 1.24 bits per heavy atom. The van der Waals surface area contributed by atoms with Gasteiger partial charge < -0.3 is 9.47 Å². The summed E-state index contributed by atoms with van der Waals surface area (Å²) in [6.07, 6.45) is 0. The monoisotopic (exact) mass is 259 g/mol. The van der Waals surface area contributed by atoms with Crippen LogP contribution in [0.5, 0.6) is 11.5 Å². The lowest BCUT2D eigenvalue weighted by Crippen LogP contribution is -2.15. The number of sulfonamides is 1. The van der Waals surface area contributed by atoms with Gasteiger partial charge in [0.2, 0.25) is 10.0 Å². The summed E-state index contributed by atoms with van der Waals surface area (Å²) in [5.74, 6) is -0.188. The van der Waals surface area contributed by atoms with Gasteiger partial charge in [0.15, 0.2) is 5.78 Å². The largest absolute Gasteiger partial charge is 0.497 e. The molecule has 0 atom stereocenters. The molecule has 0 fully saturated rings. The molecule has 17 heavy (non-hydrogen) atoms. The molecule has 7 heteroatoms. The van der Waals surface area contributed by atoms with Crippen LogP contribution in [0, 0.1) is 0 Å². The number of benzene rings is 1. The van der Waals surface area contributed by atoms with Gasteiger partial charge in [-0.1, -0.05) is 0 Å². The highest BCUT2D eigenvalue weighted by Gasteiger charge is 2.22. The number of ketones is 1. The van der Waals surface area contributed by atoms with Crippen LogP contribution < -0.4 is 14.6 Å². The fourth-order valence-electron chi connectivity index (χ4n) is 1.38. The predicted octanol–water partition coefficient (Wildman–Crippen LogP) is 0.554. The second kappa shape index (κ2) is 4.72. The van der Waals surface area contributed by atoms with Crippen LogP contribution in [-0.4, -0.2) is 28.4 Å². The Bertz CT molecular complexity index is 550. The van der Waals surface area contributed by atoms with Gasteiger partial charge in [0, 0.05) is 6.07 Å². The molecule has 94 valence electrons. The normalized spacial score (nSPS) is 11.1. The number of ether oxygens (including phenoxy) is 2. The summed E-state index contributed by atoms with van der Waals surface area (Å²) < 4.78 is 32.6. The molecule has 6 nitrogen and oxygen atoms in total. The number of hydrogen-bond donors (Lipinski definition) is 1. The summed E-state index contributed by atoms with van der Waals surface area (Å²) >= 11 is 0. The maximum absolute atomic E-state index is 11.4. The number of rotatable bonds is 4. The number of Topliss-reactive ketones (excluding diaryl/α,β-unsaturated/α-hetero) is 1. The van der Waals surface area contributed by atoms with E-state index in [9.17, 15) is 13.2 Å². The number of methoxy groups -OCH3 is 2. The van der Waals surface area contributed by atoms with Gasteiger partial charge in [0.05, 0.1) is 19.8 Å². The van der Waals surface area contributed by atoms with Crippen LogP contribution in [-0.2, 0) is 10.0 Å². The average molecular weight is 259 g/mol. The van der Waals surface area contributed by atoms with E-state index in [-0.39, 0.29) is 27.7 Å². The second-order valence-electron chi connectivity index (χ2n) is 3.31. The van der Waals surface area contributed by atoms with Crippen LogP contribution in [0.25, 0.3) is 0 Å². The summed E-state index contributed by atoms with van der Waals surface area (Å²) in [6.45, 7) is 1.30. The molecule has 1 aromatic rings. The van der Waals surface area contributed by atoms with Crippen LogP contribution >= 0.6 is 0 Å². The lowest BCUT2D eigenvalue weighted by atomic mass is 10.1. The average Bonchev–Trinajstić information content (AvgIpc) is 2.25. The van der Waals surface area contributed by atoms with E-state index in [0.717, 1.165) is 0 Å². The van der Waals surface area contributed by atoms with Crippen molar-refractivity contribution < 1.29 is 22.7 Å². The molecular formula is C10H13NO5S. The smallest absolute Gasteiger partial charge is 0.241 e. The Kier molecular flexibility index (Phi) is 3.74. The first-order valence-electron chi connectivity index (χ1n) is 4.61. The van der Waals surface area contributed by atoms with Crippen molar-refractivity contribution in [1.29, 1.82) is 0 Å². The first-order valence-corrected chi connectivity index (χ1v) is 6.15. The van der Waals surface area contributed by atoms with Crippen molar-refractivity contribution >= 4 is 15.8 Å². The highest BCUT2D eigenvalue weighted by molar-refractivity contribution is 7.89. The minimum absolute atomic E-state index is 0.0687. The zero-order chi connectivity index (χ0) is 13.2. The zero-order valence-corrected chi connectivity index (χ0v) is 10.5. The molecule has 2 N–H and O–H groups in total. The summed E-state index contributed by atoms with van der Waals surface area (Å²) in [4.78, 5) is 11.1. The molecule has 0 unspecified atom stereocenters. The quantitative estimate of drug-likeness (QED) is 0.797. The van der Waals surface area contributed by atoms with E-state index in [2.05, 4.69) is 0 Å². The Balaban J connectivity index is 3.69. The van der Waals surface area contributed by atoms with Crippen LogP contribution in [0.3, 0.4) is 0 Å². The van der Waals surface area contributed by atoms with Gasteiger partial charge in [0.1, 0.15) is 16.4 Å². The van der Waals surface area contributed by atoms with E-state index in [1.807, 2.05) is 0 Å². The second-order valence-corrected chi connectivity index (χ2v) is 4.84. The summed E-state index contributed by atoms with van der Waals surface area (Å²) in [6, 6.07) is 2.61. The van der Waals surface area contributed by atoms with Crippen LogP contribution in [0.15, 0.2) is 17.0 Å². The summed E-state index contributed by atoms with van der Waals surface area (Å²) in [5.41, 5.74) is 0.107. The molecule has 0 aliphatic rings. The third-order valence-electron chi connectivity index (χ3n) is 2.15. The molecule has 0 amide bonds. The highest BCUT2D eigenvalue weighted by Crippen LogP contribution is 2.32. The Morgan fingerprint density at radius 2 is 1.82 bits per heavy atom. The van der Waals surface area contributed by atoms with Gasteiger partial charge in [-0.05, 0) is 13.0 Å². The van der Waals surface area contributed by atoms with Crippen molar-refractivity contribution in [3.05, 3.63) is 17.7 Å². The lowest BCUT2D eigenvalue weighted by molar-refractivity contribution is 0.101. The van der Waals surface area contributed by atoms with Crippen LogP contribution in [0.1, 0.15) is 17.3 Å². The van der Waals surface area contributed by atoms with Gasteiger partial charge in [-0.2, -0.15) is 0 Å². The molecule has 1 rings (SSSR count). The number of carbonyl (C=O) groups excluding carboxylic acids is 1. The Labute approximate surface area is 99.4 Å². The van der Waals surface area contributed by atoms with Gasteiger partial charge in [-0.15, -0.1) is 0 Å². The van der Waals surface area contributed by atoms with Crippen molar-refractivity contribution in [3.8, 4) is 11.5 Å². The summed E-state index contributed by atoms with van der Waals surface area (Å²) in [7, 11) is -1.36. The van der Waals surface area contributed by atoms with Gasteiger partial charge in [0.25, 0.3) is 0 Å². The van der Waals surface area contributed by atoms with Crippen LogP contribution in [0.2, 0.25) is 0 Å². The van der Waals surface area contributed by atoms with E-state index in [0.29, 0.717) is 0 Å². The number of nitrogens with two attached hydrogens (primary N) is 1. The molecular weight excluding hydrogens is 246 g/mol. The Hall–Kier alpha value is -1.60. The zero-order valence-electron chi connectivity index (χ0n) is 9.68. The molecule has 0 bridgehead atoms. The minimum atomic E-state index is -3.99. The van der Waals surface area contributed by atoms with E-state index in [4.69, 9.17) is 14.6 Å². The van der Waals surface area contributed by atoms with Crippen molar-refractivity contribution in [1.82, 2.24) is 0 Å². The molecule has 0 saturated carbocycles. The van der Waals surface area contributed by atoms with Gasteiger partial charge >= 0.3 is 0 Å².